The first-order chi connectivity index (χ1) is 15.6. The van der Waals surface area contributed by atoms with E-state index in [1.807, 2.05) is 21.7 Å². The van der Waals surface area contributed by atoms with Crippen LogP contribution >= 0.6 is 11.3 Å². The fourth-order valence-electron chi connectivity index (χ4n) is 4.07. The Morgan fingerprint density at radius 1 is 1.22 bits per heavy atom. The zero-order valence-corrected chi connectivity index (χ0v) is 18.0. The van der Waals surface area contributed by atoms with Crippen LogP contribution in [0.2, 0.25) is 0 Å². The standard InChI is InChI=1S/C22H21FN6O2S/c23-17-3-1-2-14(10-17)12-29-21-19(26-27-29)22(31)25-20(24-21)16-4-7-28(8-5-16)18(30)11-15-6-9-32-13-15/h1-3,6,9-10,13,16H,4-5,7-8,11-12H2,(H,24,25,31). The number of amides is 1. The van der Waals surface area contributed by atoms with Crippen molar-refractivity contribution in [2.45, 2.75) is 31.7 Å². The average molecular weight is 453 g/mol. The molecule has 1 N–H and O–H groups in total. The number of fused-ring (bicyclic) bond motifs is 1. The minimum Gasteiger partial charge on any atom is -0.342 e. The third-order valence-corrected chi connectivity index (χ3v) is 6.52. The Bertz CT molecular complexity index is 1310. The van der Waals surface area contributed by atoms with Crippen molar-refractivity contribution < 1.29 is 9.18 Å². The number of likely N-dealkylation sites (tertiary alicyclic amines) is 1. The summed E-state index contributed by atoms with van der Waals surface area (Å²) in [5.74, 6) is 0.403. The van der Waals surface area contributed by atoms with Crippen molar-refractivity contribution in [2.75, 3.05) is 13.1 Å². The van der Waals surface area contributed by atoms with E-state index in [0.29, 0.717) is 36.5 Å². The summed E-state index contributed by atoms with van der Waals surface area (Å²) in [6, 6.07) is 8.18. The first-order valence-electron chi connectivity index (χ1n) is 10.4. The van der Waals surface area contributed by atoms with Crippen molar-refractivity contribution in [1.82, 2.24) is 29.9 Å². The summed E-state index contributed by atoms with van der Waals surface area (Å²) in [4.78, 5) is 34.5. The Morgan fingerprint density at radius 3 is 2.81 bits per heavy atom. The van der Waals surface area contributed by atoms with Gasteiger partial charge in [0.05, 0.1) is 13.0 Å². The van der Waals surface area contributed by atoms with Gasteiger partial charge in [-0.2, -0.15) is 11.3 Å². The highest BCUT2D eigenvalue weighted by Gasteiger charge is 2.26. The van der Waals surface area contributed by atoms with E-state index in [1.54, 1.807) is 23.5 Å². The van der Waals surface area contributed by atoms with Crippen LogP contribution in [0.3, 0.4) is 0 Å². The van der Waals surface area contributed by atoms with Gasteiger partial charge in [0.1, 0.15) is 11.6 Å². The molecule has 5 rings (SSSR count). The van der Waals surface area contributed by atoms with Gasteiger partial charge in [0.15, 0.2) is 11.2 Å². The Kier molecular flexibility index (Phi) is 5.52. The molecular weight excluding hydrogens is 431 g/mol. The minimum atomic E-state index is -0.341. The van der Waals surface area contributed by atoms with Crippen molar-refractivity contribution in [3.63, 3.8) is 0 Å². The number of aromatic amines is 1. The third kappa shape index (κ3) is 4.18. The summed E-state index contributed by atoms with van der Waals surface area (Å²) in [6.45, 7) is 1.51. The van der Waals surface area contributed by atoms with Crippen LogP contribution in [0.25, 0.3) is 11.2 Å². The third-order valence-electron chi connectivity index (χ3n) is 5.78. The van der Waals surface area contributed by atoms with Crippen molar-refractivity contribution in [1.29, 1.82) is 0 Å². The van der Waals surface area contributed by atoms with Crippen LogP contribution < -0.4 is 5.56 Å². The summed E-state index contributed by atoms with van der Waals surface area (Å²) < 4.78 is 15.0. The molecule has 1 saturated heterocycles. The Morgan fingerprint density at radius 2 is 2.06 bits per heavy atom. The molecule has 4 heterocycles. The molecule has 3 aromatic heterocycles. The molecule has 0 spiro atoms. The lowest BCUT2D eigenvalue weighted by atomic mass is 9.95. The van der Waals surface area contributed by atoms with E-state index >= 15 is 0 Å². The lowest BCUT2D eigenvalue weighted by Gasteiger charge is -2.31. The molecular formula is C22H21FN6O2S. The van der Waals surface area contributed by atoms with Crippen LogP contribution in [0.1, 0.15) is 35.7 Å². The van der Waals surface area contributed by atoms with E-state index in [-0.39, 0.29) is 35.3 Å². The quantitative estimate of drug-likeness (QED) is 0.502. The van der Waals surface area contributed by atoms with Crippen molar-refractivity contribution >= 4 is 28.4 Å². The van der Waals surface area contributed by atoms with Crippen LogP contribution in [0, 0.1) is 5.82 Å². The summed E-state index contributed by atoms with van der Waals surface area (Å²) in [5, 5.41) is 12.0. The molecule has 164 valence electrons. The minimum absolute atomic E-state index is 0.0369. The molecule has 8 nitrogen and oxygen atoms in total. The highest BCUT2D eigenvalue weighted by atomic mass is 32.1. The number of carbonyl (C=O) groups excluding carboxylic acids is 1. The first-order valence-corrected chi connectivity index (χ1v) is 11.4. The number of halogens is 1. The second-order valence-corrected chi connectivity index (χ2v) is 8.74. The maximum Gasteiger partial charge on any atom is 0.281 e. The predicted molar refractivity (Wildman–Crippen MR) is 118 cm³/mol. The summed E-state index contributed by atoms with van der Waals surface area (Å²) in [7, 11) is 0. The van der Waals surface area contributed by atoms with Crippen molar-refractivity contribution in [3.8, 4) is 0 Å². The number of benzene rings is 1. The smallest absolute Gasteiger partial charge is 0.281 e. The largest absolute Gasteiger partial charge is 0.342 e. The zero-order chi connectivity index (χ0) is 22.1. The van der Waals surface area contributed by atoms with Gasteiger partial charge in [-0.25, -0.2) is 14.1 Å². The fourth-order valence-corrected chi connectivity index (χ4v) is 4.74. The van der Waals surface area contributed by atoms with Gasteiger partial charge < -0.3 is 9.88 Å². The molecule has 4 aromatic rings. The number of aromatic nitrogens is 5. The summed E-state index contributed by atoms with van der Waals surface area (Å²) >= 11 is 1.59. The molecule has 1 amide bonds. The maximum atomic E-state index is 13.5. The summed E-state index contributed by atoms with van der Waals surface area (Å²) in [6.07, 6.45) is 1.85. The van der Waals surface area contributed by atoms with Gasteiger partial charge in [0.2, 0.25) is 5.91 Å². The second kappa shape index (κ2) is 8.62. The molecule has 1 aliphatic rings. The molecule has 0 bridgehead atoms. The van der Waals surface area contributed by atoms with E-state index in [2.05, 4.69) is 20.3 Å². The maximum absolute atomic E-state index is 13.5. The molecule has 1 aliphatic heterocycles. The number of hydrogen-bond donors (Lipinski definition) is 1. The van der Waals surface area contributed by atoms with Gasteiger partial charge in [-0.1, -0.05) is 17.3 Å². The van der Waals surface area contributed by atoms with Crippen LogP contribution in [0.4, 0.5) is 4.39 Å². The SMILES string of the molecule is O=C(Cc1ccsc1)N1CCC(c2nc3c(nnn3Cc3cccc(F)c3)c(=O)[nH]2)CC1. The number of piperidine rings is 1. The molecule has 0 saturated carbocycles. The van der Waals surface area contributed by atoms with Gasteiger partial charge in [-0.15, -0.1) is 5.10 Å². The van der Waals surface area contributed by atoms with Crippen molar-refractivity contribution in [2.24, 2.45) is 0 Å². The number of nitrogens with one attached hydrogen (secondary N) is 1. The van der Waals surface area contributed by atoms with Gasteiger partial charge in [0.25, 0.3) is 5.56 Å². The van der Waals surface area contributed by atoms with Crippen LogP contribution in [0.5, 0.6) is 0 Å². The van der Waals surface area contributed by atoms with Gasteiger partial charge >= 0.3 is 0 Å². The van der Waals surface area contributed by atoms with E-state index < -0.39 is 0 Å². The Balaban J connectivity index is 1.32. The summed E-state index contributed by atoms with van der Waals surface area (Å²) in [5.41, 5.74) is 1.94. The highest BCUT2D eigenvalue weighted by molar-refractivity contribution is 7.08. The lowest BCUT2D eigenvalue weighted by Crippen LogP contribution is -2.39. The monoisotopic (exact) mass is 452 g/mol. The number of hydrogen-bond acceptors (Lipinski definition) is 6. The van der Waals surface area contributed by atoms with Crippen molar-refractivity contribution in [3.05, 3.63) is 74.2 Å². The number of H-pyrrole nitrogens is 1. The average Bonchev–Trinajstić information content (AvgIpc) is 3.44. The van der Waals surface area contributed by atoms with E-state index in [1.165, 1.54) is 16.8 Å². The highest BCUT2D eigenvalue weighted by Crippen LogP contribution is 2.26. The first kappa shape index (κ1) is 20.5. The van der Waals surface area contributed by atoms with E-state index in [4.69, 9.17) is 0 Å². The molecule has 32 heavy (non-hydrogen) atoms. The number of nitrogens with zero attached hydrogens (tertiary/aromatic N) is 5. The van der Waals surface area contributed by atoms with E-state index in [9.17, 15) is 14.0 Å². The zero-order valence-electron chi connectivity index (χ0n) is 17.2. The molecule has 1 fully saturated rings. The molecule has 10 heteroatoms. The molecule has 0 atom stereocenters. The Hall–Kier alpha value is -3.40. The van der Waals surface area contributed by atoms with Gasteiger partial charge in [-0.05, 0) is 52.9 Å². The lowest BCUT2D eigenvalue weighted by molar-refractivity contribution is -0.131. The predicted octanol–water partition coefficient (Wildman–Crippen LogP) is 2.71. The van der Waals surface area contributed by atoms with Crippen LogP contribution in [0.15, 0.2) is 45.9 Å². The number of carbonyl (C=O) groups is 1. The number of rotatable bonds is 5. The van der Waals surface area contributed by atoms with Crippen LogP contribution in [-0.2, 0) is 17.8 Å². The van der Waals surface area contributed by atoms with Gasteiger partial charge in [-0.3, -0.25) is 9.59 Å². The van der Waals surface area contributed by atoms with Gasteiger partial charge in [0, 0.05) is 19.0 Å². The van der Waals surface area contributed by atoms with E-state index in [0.717, 1.165) is 18.4 Å². The molecule has 0 aliphatic carbocycles. The van der Waals surface area contributed by atoms with Crippen LogP contribution in [-0.4, -0.2) is 48.9 Å². The Labute approximate surface area is 186 Å². The molecule has 0 radical (unpaired) electrons. The topological polar surface area (TPSA) is 96.8 Å². The number of thiophene rings is 1. The fraction of sp³-hybridized carbons (Fsp3) is 0.318. The normalized spacial score (nSPS) is 14.8. The second-order valence-electron chi connectivity index (χ2n) is 7.96. The molecule has 0 unspecified atom stereocenters. The molecule has 1 aromatic carbocycles.